The maximum absolute atomic E-state index is 11.7. The molecule has 1 aliphatic heterocycles. The average molecular weight is 284 g/mol. The van der Waals surface area contributed by atoms with E-state index in [9.17, 15) is 9.59 Å². The molecule has 2 heterocycles. The van der Waals surface area contributed by atoms with Crippen molar-refractivity contribution in [3.8, 4) is 0 Å². The molecule has 0 aliphatic carbocycles. The normalized spacial score (nSPS) is 21.8. The first-order chi connectivity index (χ1) is 9.08. The maximum atomic E-state index is 11.7. The number of thiazole rings is 1. The second-order valence-corrected chi connectivity index (χ2v) is 5.18. The van der Waals surface area contributed by atoms with E-state index >= 15 is 0 Å². The molecule has 8 heteroatoms. The maximum Gasteiger partial charge on any atom is 0.318 e. The Morgan fingerprint density at radius 3 is 3.11 bits per heavy atom. The third-order valence-electron chi connectivity index (χ3n) is 3.00. The fraction of sp³-hybridized carbons (Fsp3) is 0.545. The molecule has 1 aromatic rings. The highest BCUT2D eigenvalue weighted by Crippen LogP contribution is 2.24. The Kier molecular flexibility index (Phi) is 4.46. The number of carbonyl (C=O) groups is 2. The Balaban J connectivity index is 1.97. The SMILES string of the molecule is C[C@@H](C(=O)NC(N)=O)N1CCO[C@H](c2nccs2)C1. The van der Waals surface area contributed by atoms with Gasteiger partial charge in [-0.05, 0) is 6.92 Å². The molecule has 2 atom stereocenters. The Morgan fingerprint density at radius 1 is 1.68 bits per heavy atom. The molecule has 3 amide bonds. The molecule has 1 aliphatic rings. The molecule has 0 unspecified atom stereocenters. The lowest BCUT2D eigenvalue weighted by Gasteiger charge is -2.35. The third kappa shape index (κ3) is 3.49. The molecule has 19 heavy (non-hydrogen) atoms. The van der Waals surface area contributed by atoms with Crippen LogP contribution >= 0.6 is 11.3 Å². The molecule has 0 aromatic carbocycles. The highest BCUT2D eigenvalue weighted by molar-refractivity contribution is 7.09. The Hall–Kier alpha value is -1.51. The van der Waals surface area contributed by atoms with Crippen molar-refractivity contribution >= 4 is 23.3 Å². The van der Waals surface area contributed by atoms with E-state index in [4.69, 9.17) is 10.5 Å². The minimum absolute atomic E-state index is 0.127. The lowest BCUT2D eigenvalue weighted by atomic mass is 10.2. The van der Waals surface area contributed by atoms with Crippen molar-refractivity contribution in [2.45, 2.75) is 19.1 Å². The van der Waals surface area contributed by atoms with Crippen LogP contribution in [0.3, 0.4) is 0 Å². The van der Waals surface area contributed by atoms with Crippen LogP contribution in [0.1, 0.15) is 18.0 Å². The molecule has 104 valence electrons. The second-order valence-electron chi connectivity index (χ2n) is 4.25. The van der Waals surface area contributed by atoms with Gasteiger partial charge in [0.1, 0.15) is 11.1 Å². The molecule has 2 rings (SSSR count). The predicted octanol–water partition coefficient (Wildman–Crippen LogP) is 0.0998. The summed E-state index contributed by atoms with van der Waals surface area (Å²) in [4.78, 5) is 28.6. The van der Waals surface area contributed by atoms with Gasteiger partial charge in [-0.15, -0.1) is 11.3 Å². The van der Waals surface area contributed by atoms with E-state index in [1.807, 2.05) is 10.3 Å². The summed E-state index contributed by atoms with van der Waals surface area (Å²) >= 11 is 1.52. The second kappa shape index (κ2) is 6.09. The number of nitrogens with zero attached hydrogens (tertiary/aromatic N) is 2. The fourth-order valence-electron chi connectivity index (χ4n) is 1.96. The number of urea groups is 1. The average Bonchev–Trinajstić information content (AvgIpc) is 2.91. The number of hydrogen-bond acceptors (Lipinski definition) is 6. The van der Waals surface area contributed by atoms with E-state index in [0.717, 1.165) is 5.01 Å². The molecular weight excluding hydrogens is 268 g/mol. The molecule has 0 bridgehead atoms. The van der Waals surface area contributed by atoms with Crippen molar-refractivity contribution in [2.24, 2.45) is 5.73 Å². The molecule has 3 N–H and O–H groups in total. The van der Waals surface area contributed by atoms with Crippen LogP contribution in [0, 0.1) is 0 Å². The minimum atomic E-state index is -0.832. The van der Waals surface area contributed by atoms with Crippen molar-refractivity contribution in [1.29, 1.82) is 0 Å². The molecule has 0 spiro atoms. The Morgan fingerprint density at radius 2 is 2.47 bits per heavy atom. The molecule has 1 fully saturated rings. The van der Waals surface area contributed by atoms with Gasteiger partial charge < -0.3 is 10.5 Å². The smallest absolute Gasteiger partial charge is 0.318 e. The quantitative estimate of drug-likeness (QED) is 0.820. The molecule has 1 saturated heterocycles. The lowest BCUT2D eigenvalue weighted by Crippen LogP contribution is -2.52. The van der Waals surface area contributed by atoms with Gasteiger partial charge in [0.05, 0.1) is 12.6 Å². The van der Waals surface area contributed by atoms with Gasteiger partial charge in [-0.25, -0.2) is 9.78 Å². The van der Waals surface area contributed by atoms with Crippen molar-refractivity contribution < 1.29 is 14.3 Å². The number of hydrogen-bond donors (Lipinski definition) is 2. The van der Waals surface area contributed by atoms with Gasteiger partial charge in [0.15, 0.2) is 0 Å². The summed E-state index contributed by atoms with van der Waals surface area (Å²) in [6, 6.07) is -1.26. The monoisotopic (exact) mass is 284 g/mol. The van der Waals surface area contributed by atoms with Crippen LogP contribution in [-0.2, 0) is 9.53 Å². The van der Waals surface area contributed by atoms with E-state index in [0.29, 0.717) is 19.7 Å². The highest BCUT2D eigenvalue weighted by Gasteiger charge is 2.30. The van der Waals surface area contributed by atoms with Crippen LogP contribution < -0.4 is 11.1 Å². The molecular formula is C11H16N4O3S. The summed E-state index contributed by atoms with van der Waals surface area (Å²) in [7, 11) is 0. The van der Waals surface area contributed by atoms with Crippen LogP contribution in [0.5, 0.6) is 0 Å². The lowest BCUT2D eigenvalue weighted by molar-refractivity contribution is -0.128. The third-order valence-corrected chi connectivity index (χ3v) is 3.87. The fourth-order valence-corrected chi connectivity index (χ4v) is 2.63. The number of imide groups is 1. The number of ether oxygens (including phenoxy) is 1. The predicted molar refractivity (Wildman–Crippen MR) is 69.6 cm³/mol. The number of nitrogens with one attached hydrogen (secondary N) is 1. The molecule has 1 aromatic heterocycles. The first-order valence-corrected chi connectivity index (χ1v) is 6.81. The summed E-state index contributed by atoms with van der Waals surface area (Å²) in [6.45, 7) is 3.47. The number of carbonyl (C=O) groups excluding carboxylic acids is 2. The van der Waals surface area contributed by atoms with Gasteiger partial charge in [-0.2, -0.15) is 0 Å². The summed E-state index contributed by atoms with van der Waals surface area (Å²) in [5.74, 6) is -0.396. The zero-order valence-electron chi connectivity index (χ0n) is 10.5. The minimum Gasteiger partial charge on any atom is -0.368 e. The van der Waals surface area contributed by atoms with E-state index in [2.05, 4.69) is 10.3 Å². The number of aromatic nitrogens is 1. The van der Waals surface area contributed by atoms with Crippen LogP contribution in [0.15, 0.2) is 11.6 Å². The van der Waals surface area contributed by atoms with E-state index in [1.165, 1.54) is 11.3 Å². The van der Waals surface area contributed by atoms with Gasteiger partial charge in [0.25, 0.3) is 0 Å². The van der Waals surface area contributed by atoms with Crippen LogP contribution in [0.25, 0.3) is 0 Å². The van der Waals surface area contributed by atoms with Crippen molar-refractivity contribution in [3.05, 3.63) is 16.6 Å². The number of primary amides is 1. The van der Waals surface area contributed by atoms with Gasteiger partial charge in [-0.3, -0.25) is 15.0 Å². The van der Waals surface area contributed by atoms with Gasteiger partial charge in [0.2, 0.25) is 5.91 Å². The topological polar surface area (TPSA) is 97.5 Å². The summed E-state index contributed by atoms with van der Waals surface area (Å²) < 4.78 is 5.65. The molecule has 7 nitrogen and oxygen atoms in total. The van der Waals surface area contributed by atoms with Gasteiger partial charge in [-0.1, -0.05) is 0 Å². The van der Waals surface area contributed by atoms with Crippen LogP contribution in [0.2, 0.25) is 0 Å². The summed E-state index contributed by atoms with van der Waals surface area (Å²) in [5, 5.41) is 4.88. The summed E-state index contributed by atoms with van der Waals surface area (Å²) in [5.41, 5.74) is 4.94. The number of rotatable bonds is 3. The number of nitrogens with two attached hydrogens (primary N) is 1. The van der Waals surface area contributed by atoms with E-state index in [1.54, 1.807) is 13.1 Å². The number of morpholine rings is 1. The zero-order valence-corrected chi connectivity index (χ0v) is 11.4. The van der Waals surface area contributed by atoms with E-state index < -0.39 is 18.0 Å². The zero-order chi connectivity index (χ0) is 13.8. The number of amides is 3. The van der Waals surface area contributed by atoms with Gasteiger partial charge in [0, 0.05) is 24.7 Å². The largest absolute Gasteiger partial charge is 0.368 e. The molecule has 0 saturated carbocycles. The molecule has 0 radical (unpaired) electrons. The Bertz CT molecular complexity index is 451. The van der Waals surface area contributed by atoms with Gasteiger partial charge >= 0.3 is 6.03 Å². The van der Waals surface area contributed by atoms with Crippen molar-refractivity contribution in [2.75, 3.05) is 19.7 Å². The van der Waals surface area contributed by atoms with Crippen LogP contribution in [-0.4, -0.2) is 47.6 Å². The first kappa shape index (κ1) is 13.9. The van der Waals surface area contributed by atoms with Crippen LogP contribution in [0.4, 0.5) is 4.79 Å². The highest BCUT2D eigenvalue weighted by atomic mass is 32.1. The van der Waals surface area contributed by atoms with Crippen molar-refractivity contribution in [3.63, 3.8) is 0 Å². The summed E-state index contributed by atoms with van der Waals surface area (Å²) in [6.07, 6.45) is 1.60. The van der Waals surface area contributed by atoms with E-state index in [-0.39, 0.29) is 6.10 Å². The standard InChI is InChI=1S/C11H16N4O3S/c1-7(9(16)14-11(12)17)15-3-4-18-8(6-15)10-13-2-5-19-10/h2,5,7-8H,3-4,6H2,1H3,(H3,12,14,16,17)/t7-,8-/m0/s1. The Labute approximate surface area is 114 Å². The van der Waals surface area contributed by atoms with Crippen molar-refractivity contribution in [1.82, 2.24) is 15.2 Å². The first-order valence-electron chi connectivity index (χ1n) is 5.93.